The number of hydrogen-bond donors (Lipinski definition) is 1. The van der Waals surface area contributed by atoms with Gasteiger partial charge in [0.05, 0.1) is 7.11 Å². The molecule has 0 heterocycles. The van der Waals surface area contributed by atoms with Crippen molar-refractivity contribution in [3.05, 3.63) is 29.8 Å². The third-order valence-corrected chi connectivity index (χ3v) is 2.73. The van der Waals surface area contributed by atoms with E-state index in [9.17, 15) is 0 Å². The Kier molecular flexibility index (Phi) is 4.36. The lowest BCUT2D eigenvalue weighted by Crippen LogP contribution is -2.14. The second-order valence-electron chi connectivity index (χ2n) is 5.48. The van der Waals surface area contributed by atoms with Gasteiger partial charge in [-0.1, -0.05) is 32.9 Å². The van der Waals surface area contributed by atoms with Crippen LogP contribution >= 0.6 is 0 Å². The topological polar surface area (TPSA) is 35.2 Å². The lowest BCUT2D eigenvalue weighted by atomic mass is 9.87. The van der Waals surface area contributed by atoms with Crippen LogP contribution in [0.5, 0.6) is 5.75 Å². The van der Waals surface area contributed by atoms with Crippen molar-refractivity contribution in [2.45, 2.75) is 39.7 Å². The summed E-state index contributed by atoms with van der Waals surface area (Å²) in [4.78, 5) is 0. The van der Waals surface area contributed by atoms with Crippen molar-refractivity contribution in [1.82, 2.24) is 0 Å². The summed E-state index contributed by atoms with van der Waals surface area (Å²) in [5.74, 6) is 0.878. The average molecular weight is 221 g/mol. The Morgan fingerprint density at radius 2 is 2.00 bits per heavy atom. The van der Waals surface area contributed by atoms with Crippen molar-refractivity contribution in [2.24, 2.45) is 11.1 Å². The van der Waals surface area contributed by atoms with Crippen LogP contribution in [-0.4, -0.2) is 7.11 Å². The fourth-order valence-corrected chi connectivity index (χ4v) is 1.63. The highest BCUT2D eigenvalue weighted by Gasteiger charge is 2.14. The van der Waals surface area contributed by atoms with Gasteiger partial charge in [-0.2, -0.15) is 0 Å². The molecule has 16 heavy (non-hydrogen) atoms. The quantitative estimate of drug-likeness (QED) is 0.844. The molecule has 2 heteroatoms. The van der Waals surface area contributed by atoms with Crippen LogP contribution in [0.2, 0.25) is 0 Å². The van der Waals surface area contributed by atoms with Crippen LogP contribution in [0, 0.1) is 5.41 Å². The first-order valence-electron chi connectivity index (χ1n) is 5.82. The minimum Gasteiger partial charge on any atom is -0.497 e. The normalized spacial score (nSPS) is 13.6. The molecule has 0 aliphatic carbocycles. The zero-order valence-electron chi connectivity index (χ0n) is 10.8. The summed E-state index contributed by atoms with van der Waals surface area (Å²) in [6, 6.07) is 8.13. The van der Waals surface area contributed by atoms with E-state index in [0.717, 1.165) is 24.2 Å². The van der Waals surface area contributed by atoms with E-state index in [0.29, 0.717) is 5.41 Å². The lowest BCUT2D eigenvalue weighted by molar-refractivity contribution is 0.349. The third-order valence-electron chi connectivity index (χ3n) is 2.73. The molecule has 0 saturated carbocycles. The summed E-state index contributed by atoms with van der Waals surface area (Å²) < 4.78 is 5.19. The minimum absolute atomic E-state index is 0.106. The van der Waals surface area contributed by atoms with Crippen molar-refractivity contribution in [3.8, 4) is 5.75 Å². The standard InChI is InChI=1S/C14H23NO/c1-14(2,3)9-8-13(15)11-6-5-7-12(10-11)16-4/h5-7,10,13H,8-9,15H2,1-4H3. The van der Waals surface area contributed by atoms with Gasteiger partial charge in [0.25, 0.3) is 0 Å². The summed E-state index contributed by atoms with van der Waals surface area (Å²) in [6.07, 6.45) is 2.14. The Morgan fingerprint density at radius 1 is 1.31 bits per heavy atom. The third kappa shape index (κ3) is 4.23. The molecule has 0 amide bonds. The lowest BCUT2D eigenvalue weighted by Gasteiger charge is -2.21. The summed E-state index contributed by atoms with van der Waals surface area (Å²) in [5, 5.41) is 0. The fraction of sp³-hybridized carbons (Fsp3) is 0.571. The van der Waals surface area contributed by atoms with Gasteiger partial charge < -0.3 is 10.5 Å². The predicted molar refractivity (Wildman–Crippen MR) is 68.6 cm³/mol. The molecule has 0 radical (unpaired) electrons. The largest absolute Gasteiger partial charge is 0.497 e. The maximum atomic E-state index is 6.17. The molecule has 0 aromatic heterocycles. The molecule has 0 aliphatic rings. The van der Waals surface area contributed by atoms with Crippen LogP contribution < -0.4 is 10.5 Å². The maximum Gasteiger partial charge on any atom is 0.119 e. The Morgan fingerprint density at radius 3 is 2.56 bits per heavy atom. The number of benzene rings is 1. The van der Waals surface area contributed by atoms with Gasteiger partial charge in [0.2, 0.25) is 0 Å². The first kappa shape index (κ1) is 13.0. The summed E-state index contributed by atoms with van der Waals surface area (Å²) in [7, 11) is 1.68. The van der Waals surface area contributed by atoms with Gasteiger partial charge in [-0.25, -0.2) is 0 Å². The van der Waals surface area contributed by atoms with E-state index in [2.05, 4.69) is 26.8 Å². The van der Waals surface area contributed by atoms with Gasteiger partial charge in [0, 0.05) is 6.04 Å². The molecule has 1 unspecified atom stereocenters. The van der Waals surface area contributed by atoms with Crippen LogP contribution in [0.25, 0.3) is 0 Å². The number of rotatable bonds is 4. The number of hydrogen-bond acceptors (Lipinski definition) is 2. The predicted octanol–water partition coefficient (Wildman–Crippen LogP) is 3.52. The zero-order valence-corrected chi connectivity index (χ0v) is 10.8. The van der Waals surface area contributed by atoms with Crippen molar-refractivity contribution in [2.75, 3.05) is 7.11 Å². The SMILES string of the molecule is COc1cccc(C(N)CCC(C)(C)C)c1. The van der Waals surface area contributed by atoms with E-state index in [1.54, 1.807) is 7.11 Å². The molecule has 2 nitrogen and oxygen atoms in total. The second kappa shape index (κ2) is 5.35. The van der Waals surface area contributed by atoms with Gasteiger partial charge in [-0.15, -0.1) is 0 Å². The van der Waals surface area contributed by atoms with Crippen molar-refractivity contribution >= 4 is 0 Å². The highest BCUT2D eigenvalue weighted by molar-refractivity contribution is 5.30. The fourth-order valence-electron chi connectivity index (χ4n) is 1.63. The average Bonchev–Trinajstić information content (AvgIpc) is 2.25. The molecule has 1 aromatic rings. The molecule has 1 rings (SSSR count). The highest BCUT2D eigenvalue weighted by atomic mass is 16.5. The van der Waals surface area contributed by atoms with E-state index >= 15 is 0 Å². The molecule has 0 bridgehead atoms. The van der Waals surface area contributed by atoms with E-state index in [1.165, 1.54) is 0 Å². The Hall–Kier alpha value is -1.02. The molecule has 2 N–H and O–H groups in total. The van der Waals surface area contributed by atoms with E-state index < -0.39 is 0 Å². The second-order valence-corrected chi connectivity index (χ2v) is 5.48. The highest BCUT2D eigenvalue weighted by Crippen LogP contribution is 2.27. The minimum atomic E-state index is 0.106. The van der Waals surface area contributed by atoms with Gasteiger partial charge in [-0.3, -0.25) is 0 Å². The van der Waals surface area contributed by atoms with Crippen LogP contribution in [0.4, 0.5) is 0 Å². The Labute approximate surface area is 98.8 Å². The molecule has 1 atom stereocenters. The van der Waals surface area contributed by atoms with Crippen molar-refractivity contribution < 1.29 is 4.74 Å². The summed E-state index contributed by atoms with van der Waals surface area (Å²) in [5.41, 5.74) is 7.67. The molecule has 0 fully saturated rings. The first-order valence-corrected chi connectivity index (χ1v) is 5.82. The van der Waals surface area contributed by atoms with Gasteiger partial charge in [0.1, 0.15) is 5.75 Å². The monoisotopic (exact) mass is 221 g/mol. The summed E-state index contributed by atoms with van der Waals surface area (Å²) in [6.45, 7) is 6.72. The smallest absolute Gasteiger partial charge is 0.119 e. The molecule has 1 aromatic carbocycles. The van der Waals surface area contributed by atoms with E-state index in [1.807, 2.05) is 18.2 Å². The van der Waals surface area contributed by atoms with E-state index in [-0.39, 0.29) is 6.04 Å². The number of nitrogens with two attached hydrogens (primary N) is 1. The molecular formula is C14H23NO. The Bertz CT molecular complexity index is 328. The summed E-state index contributed by atoms with van der Waals surface area (Å²) >= 11 is 0. The maximum absolute atomic E-state index is 6.17. The van der Waals surface area contributed by atoms with Gasteiger partial charge in [-0.05, 0) is 36.0 Å². The molecular weight excluding hydrogens is 198 g/mol. The van der Waals surface area contributed by atoms with Crippen LogP contribution in [-0.2, 0) is 0 Å². The zero-order chi connectivity index (χ0) is 12.2. The molecule has 0 spiro atoms. The first-order chi connectivity index (χ1) is 7.42. The van der Waals surface area contributed by atoms with Crippen LogP contribution in [0.3, 0.4) is 0 Å². The van der Waals surface area contributed by atoms with E-state index in [4.69, 9.17) is 10.5 Å². The van der Waals surface area contributed by atoms with Gasteiger partial charge >= 0.3 is 0 Å². The molecule has 90 valence electrons. The van der Waals surface area contributed by atoms with Gasteiger partial charge in [0.15, 0.2) is 0 Å². The number of methoxy groups -OCH3 is 1. The van der Waals surface area contributed by atoms with Crippen LogP contribution in [0.15, 0.2) is 24.3 Å². The van der Waals surface area contributed by atoms with Crippen molar-refractivity contribution in [1.29, 1.82) is 0 Å². The number of ether oxygens (including phenoxy) is 1. The Balaban J connectivity index is 2.62. The molecule has 0 saturated heterocycles. The van der Waals surface area contributed by atoms with Crippen molar-refractivity contribution in [3.63, 3.8) is 0 Å². The van der Waals surface area contributed by atoms with Crippen LogP contribution in [0.1, 0.15) is 45.2 Å². The molecule has 0 aliphatic heterocycles.